The van der Waals surface area contributed by atoms with Crippen LogP contribution in [0.1, 0.15) is 22.7 Å². The molecular weight excluding hydrogens is 299 g/mol. The van der Waals surface area contributed by atoms with Gasteiger partial charge in [0.15, 0.2) is 5.76 Å². The van der Waals surface area contributed by atoms with Gasteiger partial charge < -0.3 is 19.4 Å². The monoisotopic (exact) mass is 318 g/mol. The molecule has 1 saturated heterocycles. The lowest BCUT2D eigenvalue weighted by atomic mass is 10.2. The van der Waals surface area contributed by atoms with Gasteiger partial charge in [-0.1, -0.05) is 0 Å². The molecule has 0 bridgehead atoms. The molecule has 1 aliphatic rings. The quantitative estimate of drug-likeness (QED) is 0.920. The van der Waals surface area contributed by atoms with Crippen molar-refractivity contribution >= 4 is 5.91 Å². The lowest BCUT2D eigenvalue weighted by Crippen LogP contribution is -2.38. The Morgan fingerprint density at radius 3 is 2.83 bits per heavy atom. The molecule has 1 atom stereocenters. The molecule has 0 saturated carbocycles. The molecule has 6 heteroatoms. The molecule has 2 heterocycles. The van der Waals surface area contributed by atoms with Crippen molar-refractivity contribution in [3.05, 3.63) is 53.7 Å². The number of carbonyl (C=O) groups excluding carboxylic acids is 1. The average molecular weight is 318 g/mol. The summed E-state index contributed by atoms with van der Waals surface area (Å²) in [6.07, 6.45) is 0.948. The number of amides is 1. The number of rotatable bonds is 5. The summed E-state index contributed by atoms with van der Waals surface area (Å²) in [6.45, 7) is 1.92. The molecule has 1 aromatic heterocycles. The zero-order valence-corrected chi connectivity index (χ0v) is 12.9. The number of nitrogens with one attached hydrogen (secondary N) is 1. The molecule has 1 aliphatic heterocycles. The SMILES string of the molecule is CN(C(=O)c1ccc(COc2ccc(F)cc2)o1)C1CCNC1. The first kappa shape index (κ1) is 15.6. The largest absolute Gasteiger partial charge is 0.486 e. The van der Waals surface area contributed by atoms with E-state index in [9.17, 15) is 9.18 Å². The maximum Gasteiger partial charge on any atom is 0.289 e. The zero-order valence-electron chi connectivity index (χ0n) is 12.9. The Labute approximate surface area is 134 Å². The van der Waals surface area contributed by atoms with Crippen LogP contribution < -0.4 is 10.1 Å². The molecule has 5 nitrogen and oxygen atoms in total. The van der Waals surface area contributed by atoms with Crippen molar-refractivity contribution in [3.8, 4) is 5.75 Å². The second kappa shape index (κ2) is 6.83. The number of hydrogen-bond donors (Lipinski definition) is 1. The van der Waals surface area contributed by atoms with Crippen LogP contribution in [0.15, 0.2) is 40.8 Å². The van der Waals surface area contributed by atoms with Crippen LogP contribution >= 0.6 is 0 Å². The lowest BCUT2D eigenvalue weighted by Gasteiger charge is -2.22. The van der Waals surface area contributed by atoms with Crippen LogP contribution in [0, 0.1) is 5.82 Å². The summed E-state index contributed by atoms with van der Waals surface area (Å²) >= 11 is 0. The molecule has 23 heavy (non-hydrogen) atoms. The summed E-state index contributed by atoms with van der Waals surface area (Å²) < 4.78 is 23.9. The van der Waals surface area contributed by atoms with E-state index in [1.807, 2.05) is 0 Å². The van der Waals surface area contributed by atoms with Gasteiger partial charge in [0.1, 0.15) is 23.9 Å². The smallest absolute Gasteiger partial charge is 0.289 e. The first-order chi connectivity index (χ1) is 11.1. The summed E-state index contributed by atoms with van der Waals surface area (Å²) in [4.78, 5) is 14.1. The molecular formula is C17H19FN2O3. The highest BCUT2D eigenvalue weighted by Gasteiger charge is 2.25. The summed E-state index contributed by atoms with van der Waals surface area (Å²) in [5.74, 6) is 0.956. The summed E-state index contributed by atoms with van der Waals surface area (Å²) in [7, 11) is 1.79. The lowest BCUT2D eigenvalue weighted by molar-refractivity contribution is 0.0707. The van der Waals surface area contributed by atoms with Gasteiger partial charge in [0.05, 0.1) is 0 Å². The Balaban J connectivity index is 1.58. The van der Waals surface area contributed by atoms with Gasteiger partial charge in [0, 0.05) is 19.6 Å². The maximum absolute atomic E-state index is 12.8. The van der Waals surface area contributed by atoms with Gasteiger partial charge in [-0.05, 0) is 49.4 Å². The topological polar surface area (TPSA) is 54.7 Å². The third-order valence-corrected chi connectivity index (χ3v) is 3.97. The Hall–Kier alpha value is -2.34. The van der Waals surface area contributed by atoms with Crippen molar-refractivity contribution in [1.82, 2.24) is 10.2 Å². The second-order valence-corrected chi connectivity index (χ2v) is 5.57. The Kier molecular flexibility index (Phi) is 4.62. The fourth-order valence-electron chi connectivity index (χ4n) is 2.57. The van der Waals surface area contributed by atoms with Crippen molar-refractivity contribution in [1.29, 1.82) is 0 Å². The zero-order chi connectivity index (χ0) is 16.2. The average Bonchev–Trinajstić information content (AvgIpc) is 3.24. The van der Waals surface area contributed by atoms with E-state index in [2.05, 4.69) is 5.32 Å². The number of nitrogens with zero attached hydrogens (tertiary/aromatic N) is 1. The fourth-order valence-corrected chi connectivity index (χ4v) is 2.57. The number of hydrogen-bond acceptors (Lipinski definition) is 4. The molecule has 1 fully saturated rings. The van der Waals surface area contributed by atoms with Crippen molar-refractivity contribution in [2.24, 2.45) is 0 Å². The molecule has 0 spiro atoms. The number of furan rings is 1. The molecule has 0 aliphatic carbocycles. The van der Waals surface area contributed by atoms with Gasteiger partial charge in [-0.2, -0.15) is 0 Å². The van der Waals surface area contributed by atoms with Crippen LogP contribution in [0.3, 0.4) is 0 Å². The summed E-state index contributed by atoms with van der Waals surface area (Å²) in [5.41, 5.74) is 0. The van der Waals surface area contributed by atoms with Gasteiger partial charge in [-0.15, -0.1) is 0 Å². The van der Waals surface area contributed by atoms with Gasteiger partial charge >= 0.3 is 0 Å². The van der Waals surface area contributed by atoms with Crippen molar-refractivity contribution in [3.63, 3.8) is 0 Å². The normalized spacial score (nSPS) is 17.2. The number of carbonyl (C=O) groups is 1. The minimum Gasteiger partial charge on any atom is -0.486 e. The highest BCUT2D eigenvalue weighted by atomic mass is 19.1. The number of likely N-dealkylation sites (N-methyl/N-ethyl adjacent to an activating group) is 1. The van der Waals surface area contributed by atoms with E-state index >= 15 is 0 Å². The van der Waals surface area contributed by atoms with Crippen LogP contribution in [-0.2, 0) is 6.61 Å². The molecule has 0 radical (unpaired) electrons. The minimum atomic E-state index is -0.312. The predicted molar refractivity (Wildman–Crippen MR) is 82.8 cm³/mol. The van der Waals surface area contributed by atoms with Gasteiger partial charge in [-0.3, -0.25) is 4.79 Å². The van der Waals surface area contributed by atoms with E-state index in [4.69, 9.17) is 9.15 Å². The van der Waals surface area contributed by atoms with Crippen molar-refractivity contribution in [2.75, 3.05) is 20.1 Å². The van der Waals surface area contributed by atoms with Crippen LogP contribution in [0.25, 0.3) is 0 Å². The van der Waals surface area contributed by atoms with E-state index < -0.39 is 0 Å². The third-order valence-electron chi connectivity index (χ3n) is 3.97. The summed E-state index contributed by atoms with van der Waals surface area (Å²) in [5, 5.41) is 3.24. The van der Waals surface area contributed by atoms with E-state index in [1.54, 1.807) is 36.2 Å². The molecule has 1 unspecified atom stereocenters. The fraction of sp³-hybridized carbons (Fsp3) is 0.353. The van der Waals surface area contributed by atoms with Crippen LogP contribution in [0.4, 0.5) is 4.39 Å². The maximum atomic E-state index is 12.8. The Morgan fingerprint density at radius 2 is 2.13 bits per heavy atom. The van der Waals surface area contributed by atoms with E-state index in [-0.39, 0.29) is 24.4 Å². The van der Waals surface area contributed by atoms with E-state index in [1.165, 1.54) is 12.1 Å². The molecule has 122 valence electrons. The molecule has 1 amide bonds. The number of benzene rings is 1. The molecule has 2 aromatic rings. The van der Waals surface area contributed by atoms with E-state index in [0.29, 0.717) is 17.3 Å². The number of halogens is 1. The number of ether oxygens (including phenoxy) is 1. The molecule has 1 aromatic carbocycles. The second-order valence-electron chi connectivity index (χ2n) is 5.57. The Morgan fingerprint density at radius 1 is 1.35 bits per heavy atom. The van der Waals surface area contributed by atoms with Crippen LogP contribution in [0.2, 0.25) is 0 Å². The highest BCUT2D eigenvalue weighted by Crippen LogP contribution is 2.17. The first-order valence-electron chi connectivity index (χ1n) is 7.58. The van der Waals surface area contributed by atoms with E-state index in [0.717, 1.165) is 19.5 Å². The van der Waals surface area contributed by atoms with Gasteiger partial charge in [0.25, 0.3) is 5.91 Å². The van der Waals surface area contributed by atoms with Crippen LogP contribution in [-0.4, -0.2) is 37.0 Å². The van der Waals surface area contributed by atoms with Gasteiger partial charge in [0.2, 0.25) is 0 Å². The van der Waals surface area contributed by atoms with Gasteiger partial charge in [-0.25, -0.2) is 4.39 Å². The molecule has 3 rings (SSSR count). The third kappa shape index (κ3) is 3.71. The summed E-state index contributed by atoms with van der Waals surface area (Å²) in [6, 6.07) is 9.33. The Bertz CT molecular complexity index is 663. The molecule has 1 N–H and O–H groups in total. The van der Waals surface area contributed by atoms with Crippen LogP contribution in [0.5, 0.6) is 5.75 Å². The van der Waals surface area contributed by atoms with Crippen molar-refractivity contribution < 1.29 is 18.3 Å². The standard InChI is InChI=1S/C17H19FN2O3/c1-20(13-8-9-19-10-13)17(21)16-7-6-15(23-16)11-22-14-4-2-12(18)3-5-14/h2-7,13,19H,8-11H2,1H3. The first-order valence-corrected chi connectivity index (χ1v) is 7.58. The predicted octanol–water partition coefficient (Wildman–Crippen LogP) is 2.43. The van der Waals surface area contributed by atoms with Crippen molar-refractivity contribution in [2.45, 2.75) is 19.1 Å². The minimum absolute atomic E-state index is 0.133. The highest BCUT2D eigenvalue weighted by molar-refractivity contribution is 5.91.